The third-order valence-corrected chi connectivity index (χ3v) is 6.75. The molecule has 0 aliphatic carbocycles. The van der Waals surface area contributed by atoms with Gasteiger partial charge in [-0.3, -0.25) is 10.0 Å². The number of ether oxygens (including phenoxy) is 1. The molecule has 3 amide bonds. The number of methoxy groups -OCH3 is 1. The second-order valence-electron chi connectivity index (χ2n) is 8.54. The molecule has 2 rings (SSSR count). The zero-order valence-corrected chi connectivity index (χ0v) is 20.3. The average Bonchev–Trinajstić information content (AvgIpc) is 2.84. The normalized spacial score (nSPS) is 12.5. The molecular weight excluding hydrogens is 458 g/mol. The number of rotatable bonds is 11. The number of carbonyl (C=O) groups is 2. The molecule has 9 nitrogen and oxygen atoms in total. The summed E-state index contributed by atoms with van der Waals surface area (Å²) in [6, 6.07) is 13.9. The Balaban J connectivity index is 2.11. The number of nitrogens with one attached hydrogen (secondary N) is 2. The number of nitrogens with zero attached hydrogens (tertiary/aromatic N) is 1. The number of carbonyl (C=O) groups excluding carboxylic acids is 2. The van der Waals surface area contributed by atoms with Crippen LogP contribution in [-0.2, 0) is 14.8 Å². The van der Waals surface area contributed by atoms with Gasteiger partial charge >= 0.3 is 6.03 Å². The average molecular weight is 490 g/mol. The summed E-state index contributed by atoms with van der Waals surface area (Å²) in [6.07, 6.45) is 2.78. The molecule has 34 heavy (non-hydrogen) atoms. The molecule has 0 unspecified atom stereocenters. The zero-order valence-electron chi connectivity index (χ0n) is 19.5. The predicted molar refractivity (Wildman–Crippen MR) is 127 cm³/mol. The van der Waals surface area contributed by atoms with Crippen LogP contribution in [0.5, 0.6) is 5.75 Å². The molecule has 0 radical (unpaired) electrons. The van der Waals surface area contributed by atoms with E-state index in [0.29, 0.717) is 18.6 Å². The lowest BCUT2D eigenvalue weighted by Gasteiger charge is -2.29. The van der Waals surface area contributed by atoms with Crippen LogP contribution in [-0.4, -0.2) is 37.7 Å². The van der Waals surface area contributed by atoms with Crippen LogP contribution in [0.1, 0.15) is 44.6 Å². The standard InChI is InChI=1S/C24H31N3O6S/c1-5-18(19-9-7-6-8-10-19)17-24(2,3)16-15-22(28)27(23(29)25-30)26-34(31,32)21-13-11-20(33-4)12-14-21/h5-14,18,26,30H,1,15-17H2,2-4H3,(H,25,29)/t18-/m0/s1. The first kappa shape index (κ1) is 27.0. The van der Waals surface area contributed by atoms with E-state index in [-0.39, 0.29) is 27.7 Å². The molecule has 2 aromatic carbocycles. The van der Waals surface area contributed by atoms with E-state index in [9.17, 15) is 18.0 Å². The molecule has 0 heterocycles. The molecule has 2 aromatic rings. The van der Waals surface area contributed by atoms with Crippen molar-refractivity contribution in [1.29, 1.82) is 0 Å². The Morgan fingerprint density at radius 3 is 2.29 bits per heavy atom. The smallest absolute Gasteiger partial charge is 0.363 e. The quantitative estimate of drug-likeness (QED) is 0.249. The number of benzene rings is 2. The fraction of sp³-hybridized carbons (Fsp3) is 0.333. The maximum absolute atomic E-state index is 12.8. The van der Waals surface area contributed by atoms with Gasteiger partial charge in [-0.25, -0.2) is 18.7 Å². The minimum Gasteiger partial charge on any atom is -0.497 e. The van der Waals surface area contributed by atoms with Gasteiger partial charge in [0.25, 0.3) is 10.0 Å². The van der Waals surface area contributed by atoms with Crippen molar-refractivity contribution in [3.63, 3.8) is 0 Å². The van der Waals surface area contributed by atoms with E-state index in [1.165, 1.54) is 36.9 Å². The summed E-state index contributed by atoms with van der Waals surface area (Å²) < 4.78 is 30.4. The van der Waals surface area contributed by atoms with E-state index in [1.807, 2.05) is 55.1 Å². The van der Waals surface area contributed by atoms with E-state index >= 15 is 0 Å². The largest absolute Gasteiger partial charge is 0.497 e. The molecular formula is C24H31N3O6S. The highest BCUT2D eigenvalue weighted by Gasteiger charge is 2.30. The van der Waals surface area contributed by atoms with Crippen molar-refractivity contribution in [2.75, 3.05) is 7.11 Å². The minimum absolute atomic E-state index is 0.0664. The van der Waals surface area contributed by atoms with Gasteiger partial charge in [-0.05, 0) is 48.1 Å². The molecule has 0 aliphatic heterocycles. The molecule has 10 heteroatoms. The third kappa shape index (κ3) is 7.41. The van der Waals surface area contributed by atoms with Gasteiger partial charge < -0.3 is 4.74 Å². The van der Waals surface area contributed by atoms with Gasteiger partial charge in [-0.15, -0.1) is 11.4 Å². The molecule has 0 spiro atoms. The topological polar surface area (TPSA) is 125 Å². The predicted octanol–water partition coefficient (Wildman–Crippen LogP) is 3.98. The molecule has 0 fully saturated rings. The van der Waals surface area contributed by atoms with Crippen molar-refractivity contribution in [3.8, 4) is 5.75 Å². The molecule has 0 aromatic heterocycles. The van der Waals surface area contributed by atoms with Gasteiger partial charge in [0.05, 0.1) is 12.0 Å². The van der Waals surface area contributed by atoms with Gasteiger partial charge in [-0.1, -0.05) is 50.3 Å². The van der Waals surface area contributed by atoms with Crippen LogP contribution in [0.3, 0.4) is 0 Å². The van der Waals surface area contributed by atoms with E-state index in [0.717, 1.165) is 5.56 Å². The second kappa shape index (κ2) is 11.8. The van der Waals surface area contributed by atoms with Crippen LogP contribution in [0.25, 0.3) is 0 Å². The third-order valence-electron chi connectivity index (χ3n) is 5.43. The molecule has 0 aliphatic rings. The Hall–Kier alpha value is -3.21. The van der Waals surface area contributed by atoms with Gasteiger partial charge in [0.1, 0.15) is 5.75 Å². The van der Waals surface area contributed by atoms with E-state index in [4.69, 9.17) is 9.94 Å². The van der Waals surface area contributed by atoms with Crippen LogP contribution in [0.4, 0.5) is 4.79 Å². The first-order chi connectivity index (χ1) is 16.0. The molecule has 0 saturated heterocycles. The number of urea groups is 1. The number of allylic oxidation sites excluding steroid dienone is 1. The second-order valence-corrected chi connectivity index (χ2v) is 10.2. The number of amides is 3. The number of hydroxylamine groups is 1. The van der Waals surface area contributed by atoms with Gasteiger partial charge in [0.2, 0.25) is 5.91 Å². The van der Waals surface area contributed by atoms with Crippen LogP contribution >= 0.6 is 0 Å². The lowest BCUT2D eigenvalue weighted by molar-refractivity contribution is -0.130. The Bertz CT molecular complexity index is 1090. The molecule has 1 atom stereocenters. The lowest BCUT2D eigenvalue weighted by atomic mass is 9.77. The summed E-state index contributed by atoms with van der Waals surface area (Å²) >= 11 is 0. The van der Waals surface area contributed by atoms with Crippen LogP contribution in [0, 0.1) is 5.41 Å². The Morgan fingerprint density at radius 2 is 1.76 bits per heavy atom. The van der Waals surface area contributed by atoms with E-state index in [2.05, 4.69) is 6.58 Å². The number of sulfonamides is 1. The molecule has 3 N–H and O–H groups in total. The monoisotopic (exact) mass is 489 g/mol. The fourth-order valence-electron chi connectivity index (χ4n) is 3.48. The van der Waals surface area contributed by atoms with Crippen molar-refractivity contribution >= 4 is 22.0 Å². The number of hydrogen-bond donors (Lipinski definition) is 3. The summed E-state index contributed by atoms with van der Waals surface area (Å²) in [4.78, 5) is 26.6. The highest BCUT2D eigenvalue weighted by atomic mass is 32.2. The summed E-state index contributed by atoms with van der Waals surface area (Å²) in [5, 5.41) is 9.30. The Morgan fingerprint density at radius 1 is 1.15 bits per heavy atom. The molecule has 184 valence electrons. The number of hydrogen-bond acceptors (Lipinski definition) is 6. The van der Waals surface area contributed by atoms with Crippen molar-refractivity contribution in [2.24, 2.45) is 5.41 Å². The molecule has 0 bridgehead atoms. The highest BCUT2D eigenvalue weighted by Crippen LogP contribution is 2.36. The van der Waals surface area contributed by atoms with Crippen molar-refractivity contribution in [1.82, 2.24) is 15.3 Å². The summed E-state index contributed by atoms with van der Waals surface area (Å²) in [7, 11) is -2.85. The van der Waals surface area contributed by atoms with E-state index in [1.54, 1.807) is 0 Å². The number of imide groups is 1. The highest BCUT2D eigenvalue weighted by molar-refractivity contribution is 7.89. The first-order valence-electron chi connectivity index (χ1n) is 10.6. The van der Waals surface area contributed by atoms with Gasteiger partial charge in [0.15, 0.2) is 0 Å². The SMILES string of the molecule is C=C[C@@H](CC(C)(C)CCC(=O)N(NS(=O)(=O)c1ccc(OC)cc1)C(=O)NO)c1ccccc1. The zero-order chi connectivity index (χ0) is 25.4. The summed E-state index contributed by atoms with van der Waals surface area (Å²) in [5.41, 5.74) is 2.07. The van der Waals surface area contributed by atoms with Crippen LogP contribution < -0.4 is 15.0 Å². The van der Waals surface area contributed by atoms with Crippen molar-refractivity contribution in [3.05, 3.63) is 72.8 Å². The van der Waals surface area contributed by atoms with Crippen LogP contribution in [0.2, 0.25) is 0 Å². The first-order valence-corrected chi connectivity index (χ1v) is 12.1. The molecule has 0 saturated carbocycles. The van der Waals surface area contributed by atoms with Gasteiger partial charge in [0, 0.05) is 12.3 Å². The van der Waals surface area contributed by atoms with Crippen molar-refractivity contribution < 1.29 is 28.0 Å². The minimum atomic E-state index is -4.28. The Labute approximate surface area is 200 Å². The summed E-state index contributed by atoms with van der Waals surface area (Å²) in [5.74, 6) is -0.307. The fourth-order valence-corrected chi connectivity index (χ4v) is 4.50. The Kier molecular flexibility index (Phi) is 9.36. The van der Waals surface area contributed by atoms with Crippen molar-refractivity contribution in [2.45, 2.75) is 43.9 Å². The maximum Gasteiger partial charge on any atom is 0.363 e. The van der Waals surface area contributed by atoms with Gasteiger partial charge in [-0.2, -0.15) is 5.01 Å². The lowest BCUT2D eigenvalue weighted by Crippen LogP contribution is -2.53. The van der Waals surface area contributed by atoms with Crippen LogP contribution in [0.15, 0.2) is 72.1 Å². The number of hydrazine groups is 1. The summed E-state index contributed by atoms with van der Waals surface area (Å²) in [6.45, 7) is 7.89. The maximum atomic E-state index is 12.8. The van der Waals surface area contributed by atoms with E-state index < -0.39 is 22.0 Å².